The van der Waals surface area contributed by atoms with Crippen molar-refractivity contribution in [3.63, 3.8) is 0 Å². The van der Waals surface area contributed by atoms with Crippen molar-refractivity contribution in [3.05, 3.63) is 0 Å². The molecule has 0 aromatic heterocycles. The normalized spacial score (nSPS) is 47.5. The SMILES string of the molecule is C1CCN(C2CC3CCC2C3)C1. The summed E-state index contributed by atoms with van der Waals surface area (Å²) >= 11 is 0. The molecule has 1 saturated heterocycles. The molecule has 1 aliphatic heterocycles. The van der Waals surface area contributed by atoms with Crippen molar-refractivity contribution < 1.29 is 0 Å². The molecule has 0 aromatic carbocycles. The van der Waals surface area contributed by atoms with Gasteiger partial charge in [-0.1, -0.05) is 6.42 Å². The van der Waals surface area contributed by atoms with Gasteiger partial charge in [-0.2, -0.15) is 0 Å². The summed E-state index contributed by atoms with van der Waals surface area (Å²) in [6.07, 6.45) is 9.15. The van der Waals surface area contributed by atoms with Crippen molar-refractivity contribution in [1.82, 2.24) is 4.90 Å². The van der Waals surface area contributed by atoms with E-state index in [0.29, 0.717) is 0 Å². The van der Waals surface area contributed by atoms with E-state index < -0.39 is 0 Å². The van der Waals surface area contributed by atoms with Crippen LogP contribution in [0.15, 0.2) is 0 Å². The van der Waals surface area contributed by atoms with E-state index in [4.69, 9.17) is 0 Å². The van der Waals surface area contributed by atoms with Crippen LogP contribution in [-0.4, -0.2) is 24.0 Å². The average molecular weight is 165 g/mol. The zero-order valence-electron chi connectivity index (χ0n) is 7.84. The standard InChI is InChI=1S/C11H19N/c1-2-6-12(5-1)11-8-9-3-4-10(11)7-9/h9-11H,1-8H2. The van der Waals surface area contributed by atoms with Gasteiger partial charge in [0.15, 0.2) is 0 Å². The summed E-state index contributed by atoms with van der Waals surface area (Å²) in [5.41, 5.74) is 0. The van der Waals surface area contributed by atoms with Crippen LogP contribution >= 0.6 is 0 Å². The van der Waals surface area contributed by atoms with E-state index >= 15 is 0 Å². The number of likely N-dealkylation sites (tertiary alicyclic amines) is 1. The second-order valence-corrected chi connectivity index (χ2v) is 4.99. The van der Waals surface area contributed by atoms with Crippen LogP contribution in [0.5, 0.6) is 0 Å². The number of rotatable bonds is 1. The maximum atomic E-state index is 2.78. The summed E-state index contributed by atoms with van der Waals surface area (Å²) in [6, 6.07) is 1.02. The number of hydrogen-bond acceptors (Lipinski definition) is 1. The quantitative estimate of drug-likeness (QED) is 0.576. The van der Waals surface area contributed by atoms with Crippen molar-refractivity contribution >= 4 is 0 Å². The number of fused-ring (bicyclic) bond motifs is 2. The third-order valence-electron chi connectivity index (χ3n) is 4.31. The first-order chi connectivity index (χ1) is 5.93. The van der Waals surface area contributed by atoms with Gasteiger partial charge in [-0.3, -0.25) is 0 Å². The average Bonchev–Trinajstić information content (AvgIpc) is 2.81. The molecule has 3 atom stereocenters. The van der Waals surface area contributed by atoms with Crippen molar-refractivity contribution in [1.29, 1.82) is 0 Å². The molecule has 3 fully saturated rings. The van der Waals surface area contributed by atoms with Crippen molar-refractivity contribution in [2.75, 3.05) is 13.1 Å². The van der Waals surface area contributed by atoms with E-state index in [1.165, 1.54) is 25.9 Å². The fourth-order valence-electron chi connectivity index (χ4n) is 3.73. The van der Waals surface area contributed by atoms with E-state index in [1.807, 2.05) is 0 Å². The van der Waals surface area contributed by atoms with Crippen LogP contribution in [0.3, 0.4) is 0 Å². The largest absolute Gasteiger partial charge is 0.300 e. The highest BCUT2D eigenvalue weighted by atomic mass is 15.2. The van der Waals surface area contributed by atoms with Gasteiger partial charge in [0.05, 0.1) is 0 Å². The lowest BCUT2D eigenvalue weighted by atomic mass is 9.94. The zero-order valence-corrected chi connectivity index (χ0v) is 7.84. The van der Waals surface area contributed by atoms with Crippen molar-refractivity contribution in [3.8, 4) is 0 Å². The summed E-state index contributed by atoms with van der Waals surface area (Å²) in [5.74, 6) is 2.23. The highest BCUT2D eigenvalue weighted by molar-refractivity contribution is 4.96. The van der Waals surface area contributed by atoms with Gasteiger partial charge in [0.1, 0.15) is 0 Å². The van der Waals surface area contributed by atoms with Crippen LogP contribution in [0.4, 0.5) is 0 Å². The van der Waals surface area contributed by atoms with Crippen LogP contribution in [0.1, 0.15) is 38.5 Å². The summed E-state index contributed by atoms with van der Waals surface area (Å²) in [4.78, 5) is 2.78. The zero-order chi connectivity index (χ0) is 7.97. The molecule has 1 nitrogen and oxygen atoms in total. The molecule has 0 amide bonds. The predicted molar refractivity (Wildman–Crippen MR) is 50.0 cm³/mol. The Morgan fingerprint density at radius 3 is 2.33 bits per heavy atom. The van der Waals surface area contributed by atoms with Gasteiger partial charge in [0.25, 0.3) is 0 Å². The highest BCUT2D eigenvalue weighted by Crippen LogP contribution is 2.47. The van der Waals surface area contributed by atoms with Crippen LogP contribution in [0.2, 0.25) is 0 Å². The molecule has 68 valence electrons. The van der Waals surface area contributed by atoms with Gasteiger partial charge in [-0.15, -0.1) is 0 Å². The topological polar surface area (TPSA) is 3.24 Å². The Bertz CT molecular complexity index is 172. The summed E-state index contributed by atoms with van der Waals surface area (Å²) in [7, 11) is 0. The molecule has 3 rings (SSSR count). The van der Waals surface area contributed by atoms with E-state index in [-0.39, 0.29) is 0 Å². The van der Waals surface area contributed by atoms with Gasteiger partial charge in [0, 0.05) is 6.04 Å². The molecule has 3 unspecified atom stereocenters. The van der Waals surface area contributed by atoms with E-state index in [2.05, 4.69) is 4.90 Å². The Morgan fingerprint density at radius 2 is 1.75 bits per heavy atom. The molecule has 0 radical (unpaired) electrons. The Kier molecular flexibility index (Phi) is 1.68. The minimum absolute atomic E-state index is 1.02. The second-order valence-electron chi connectivity index (χ2n) is 4.99. The maximum Gasteiger partial charge on any atom is 0.0126 e. The smallest absolute Gasteiger partial charge is 0.0126 e. The highest BCUT2D eigenvalue weighted by Gasteiger charge is 2.42. The molecular formula is C11H19N. The Morgan fingerprint density at radius 1 is 0.917 bits per heavy atom. The van der Waals surface area contributed by atoms with E-state index in [1.54, 1.807) is 25.7 Å². The van der Waals surface area contributed by atoms with E-state index in [9.17, 15) is 0 Å². The summed E-state index contributed by atoms with van der Waals surface area (Å²) in [5, 5.41) is 0. The second kappa shape index (κ2) is 2.73. The lowest BCUT2D eigenvalue weighted by Crippen LogP contribution is -2.36. The first kappa shape index (κ1) is 7.37. The third kappa shape index (κ3) is 1.02. The first-order valence-electron chi connectivity index (χ1n) is 5.67. The number of hydrogen-bond donors (Lipinski definition) is 0. The minimum atomic E-state index is 1.02. The fourth-order valence-corrected chi connectivity index (χ4v) is 3.73. The van der Waals surface area contributed by atoms with Gasteiger partial charge >= 0.3 is 0 Å². The molecule has 2 bridgehead atoms. The Balaban J connectivity index is 1.69. The molecule has 0 N–H and O–H groups in total. The summed E-state index contributed by atoms with van der Waals surface area (Å²) < 4.78 is 0. The maximum absolute atomic E-state index is 2.78. The fraction of sp³-hybridized carbons (Fsp3) is 1.00. The van der Waals surface area contributed by atoms with Crippen molar-refractivity contribution in [2.24, 2.45) is 11.8 Å². The first-order valence-corrected chi connectivity index (χ1v) is 5.67. The molecule has 2 saturated carbocycles. The number of nitrogens with zero attached hydrogens (tertiary/aromatic N) is 1. The third-order valence-corrected chi connectivity index (χ3v) is 4.31. The molecule has 2 aliphatic carbocycles. The minimum Gasteiger partial charge on any atom is -0.300 e. The molecule has 1 heteroatoms. The monoisotopic (exact) mass is 165 g/mol. The Labute approximate surface area is 75.1 Å². The lowest BCUT2D eigenvalue weighted by molar-refractivity contribution is 0.175. The molecule has 1 heterocycles. The van der Waals surface area contributed by atoms with Gasteiger partial charge in [0.2, 0.25) is 0 Å². The van der Waals surface area contributed by atoms with Crippen LogP contribution in [-0.2, 0) is 0 Å². The summed E-state index contributed by atoms with van der Waals surface area (Å²) in [6.45, 7) is 2.82. The van der Waals surface area contributed by atoms with Gasteiger partial charge in [-0.05, 0) is 57.0 Å². The van der Waals surface area contributed by atoms with Crippen molar-refractivity contribution in [2.45, 2.75) is 44.6 Å². The van der Waals surface area contributed by atoms with Crippen LogP contribution in [0.25, 0.3) is 0 Å². The van der Waals surface area contributed by atoms with Gasteiger partial charge in [-0.25, -0.2) is 0 Å². The van der Waals surface area contributed by atoms with E-state index in [0.717, 1.165) is 17.9 Å². The molecule has 0 aromatic rings. The van der Waals surface area contributed by atoms with Crippen LogP contribution in [0, 0.1) is 11.8 Å². The van der Waals surface area contributed by atoms with Crippen LogP contribution < -0.4 is 0 Å². The molecule has 0 spiro atoms. The molecular weight excluding hydrogens is 146 g/mol. The molecule has 12 heavy (non-hydrogen) atoms. The van der Waals surface area contributed by atoms with Gasteiger partial charge < -0.3 is 4.90 Å². The Hall–Kier alpha value is -0.0400. The predicted octanol–water partition coefficient (Wildman–Crippen LogP) is 2.27. The lowest BCUT2D eigenvalue weighted by Gasteiger charge is -2.30. The molecule has 3 aliphatic rings.